The van der Waals surface area contributed by atoms with Crippen molar-refractivity contribution in [2.24, 2.45) is 17.8 Å². The standard InChI is InChI=1S/C18H25NO4/c1-13-10-15(18(21)22)12-19(11-13)17(20)14(2)8-9-23-16-6-4-3-5-7-16/h3-7,13-15H,8-12H2,1-2H3,(H,21,22). The molecule has 1 aromatic carbocycles. The highest BCUT2D eigenvalue weighted by molar-refractivity contribution is 5.80. The van der Waals surface area contributed by atoms with Crippen molar-refractivity contribution in [3.05, 3.63) is 30.3 Å². The minimum Gasteiger partial charge on any atom is -0.494 e. The lowest BCUT2D eigenvalue weighted by atomic mass is 9.89. The Balaban J connectivity index is 1.82. The zero-order valence-electron chi connectivity index (χ0n) is 13.8. The molecule has 3 atom stereocenters. The first-order valence-corrected chi connectivity index (χ1v) is 8.16. The smallest absolute Gasteiger partial charge is 0.308 e. The van der Waals surface area contributed by atoms with E-state index >= 15 is 0 Å². The summed E-state index contributed by atoms with van der Waals surface area (Å²) in [7, 11) is 0. The van der Waals surface area contributed by atoms with Crippen LogP contribution in [0.5, 0.6) is 5.75 Å². The van der Waals surface area contributed by atoms with E-state index in [4.69, 9.17) is 4.74 Å². The van der Waals surface area contributed by atoms with Crippen molar-refractivity contribution < 1.29 is 19.4 Å². The van der Waals surface area contributed by atoms with Gasteiger partial charge in [-0.05, 0) is 30.9 Å². The summed E-state index contributed by atoms with van der Waals surface area (Å²) < 4.78 is 5.63. The van der Waals surface area contributed by atoms with E-state index in [-0.39, 0.29) is 17.7 Å². The van der Waals surface area contributed by atoms with Crippen LogP contribution < -0.4 is 4.74 Å². The van der Waals surface area contributed by atoms with Gasteiger partial charge in [0.25, 0.3) is 0 Å². The second-order valence-electron chi connectivity index (χ2n) is 6.47. The van der Waals surface area contributed by atoms with Gasteiger partial charge in [-0.25, -0.2) is 0 Å². The van der Waals surface area contributed by atoms with Crippen LogP contribution >= 0.6 is 0 Å². The van der Waals surface area contributed by atoms with Gasteiger partial charge in [-0.15, -0.1) is 0 Å². The molecule has 0 bridgehead atoms. The lowest BCUT2D eigenvalue weighted by molar-refractivity contribution is -0.148. The average Bonchev–Trinajstić information content (AvgIpc) is 2.54. The summed E-state index contributed by atoms with van der Waals surface area (Å²) in [4.78, 5) is 25.4. The highest BCUT2D eigenvalue weighted by atomic mass is 16.5. The van der Waals surface area contributed by atoms with Crippen LogP contribution in [0, 0.1) is 17.8 Å². The number of para-hydroxylation sites is 1. The van der Waals surface area contributed by atoms with Gasteiger partial charge in [-0.2, -0.15) is 0 Å². The van der Waals surface area contributed by atoms with Gasteiger partial charge in [0, 0.05) is 19.0 Å². The molecular weight excluding hydrogens is 294 g/mol. The van der Waals surface area contributed by atoms with Crippen molar-refractivity contribution in [2.45, 2.75) is 26.7 Å². The molecule has 1 N–H and O–H groups in total. The summed E-state index contributed by atoms with van der Waals surface area (Å²) in [6.45, 7) is 5.32. The van der Waals surface area contributed by atoms with E-state index in [1.807, 2.05) is 44.2 Å². The molecule has 1 aliphatic rings. The van der Waals surface area contributed by atoms with Crippen LogP contribution in [0.4, 0.5) is 0 Å². The van der Waals surface area contributed by atoms with Gasteiger partial charge < -0.3 is 14.7 Å². The fourth-order valence-corrected chi connectivity index (χ4v) is 3.02. The van der Waals surface area contributed by atoms with Gasteiger partial charge in [-0.3, -0.25) is 9.59 Å². The summed E-state index contributed by atoms with van der Waals surface area (Å²) in [6.07, 6.45) is 1.26. The molecule has 23 heavy (non-hydrogen) atoms. The Bertz CT molecular complexity index is 531. The first-order valence-electron chi connectivity index (χ1n) is 8.16. The highest BCUT2D eigenvalue weighted by Gasteiger charge is 2.33. The Labute approximate surface area is 137 Å². The molecule has 5 heteroatoms. The number of ether oxygens (including phenoxy) is 1. The predicted molar refractivity (Wildman–Crippen MR) is 87.2 cm³/mol. The maximum absolute atomic E-state index is 12.5. The number of hydrogen-bond donors (Lipinski definition) is 1. The summed E-state index contributed by atoms with van der Waals surface area (Å²) in [5, 5.41) is 9.20. The molecule has 0 saturated carbocycles. The van der Waals surface area contributed by atoms with Gasteiger partial charge in [0.15, 0.2) is 0 Å². The first kappa shape index (κ1) is 17.3. The minimum atomic E-state index is -0.811. The van der Waals surface area contributed by atoms with Crippen molar-refractivity contribution in [1.29, 1.82) is 0 Å². The quantitative estimate of drug-likeness (QED) is 0.875. The van der Waals surface area contributed by atoms with E-state index in [9.17, 15) is 14.7 Å². The topological polar surface area (TPSA) is 66.8 Å². The molecule has 1 fully saturated rings. The monoisotopic (exact) mass is 319 g/mol. The first-order chi connectivity index (χ1) is 11.0. The molecule has 5 nitrogen and oxygen atoms in total. The molecule has 0 aromatic heterocycles. The summed E-state index contributed by atoms with van der Waals surface area (Å²) in [5.41, 5.74) is 0. The Morgan fingerprint density at radius 1 is 1.30 bits per heavy atom. The lowest BCUT2D eigenvalue weighted by Gasteiger charge is -2.36. The van der Waals surface area contributed by atoms with Crippen LogP contribution in [-0.2, 0) is 9.59 Å². The van der Waals surface area contributed by atoms with Crippen LogP contribution in [0.1, 0.15) is 26.7 Å². The van der Waals surface area contributed by atoms with Gasteiger partial charge in [-0.1, -0.05) is 32.0 Å². The number of likely N-dealkylation sites (tertiary alicyclic amines) is 1. The lowest BCUT2D eigenvalue weighted by Crippen LogP contribution is -2.47. The number of amides is 1. The molecule has 1 saturated heterocycles. The molecule has 0 spiro atoms. The van der Waals surface area contributed by atoms with E-state index in [1.54, 1.807) is 4.90 Å². The summed E-state index contributed by atoms with van der Waals surface area (Å²) in [6, 6.07) is 9.51. The van der Waals surface area contributed by atoms with Crippen LogP contribution in [0.2, 0.25) is 0 Å². The SMILES string of the molecule is CC1CC(C(=O)O)CN(C(=O)C(C)CCOc2ccccc2)C1. The maximum atomic E-state index is 12.5. The molecule has 1 aliphatic heterocycles. The van der Waals surface area contributed by atoms with E-state index in [2.05, 4.69) is 0 Å². The molecular formula is C18H25NO4. The summed E-state index contributed by atoms with van der Waals surface area (Å²) >= 11 is 0. The van der Waals surface area contributed by atoms with Crippen molar-refractivity contribution in [3.8, 4) is 5.75 Å². The van der Waals surface area contributed by atoms with Gasteiger partial charge in [0.1, 0.15) is 5.75 Å². The molecule has 3 unspecified atom stereocenters. The number of nitrogens with zero attached hydrogens (tertiary/aromatic N) is 1. The minimum absolute atomic E-state index is 0.0273. The largest absolute Gasteiger partial charge is 0.494 e. The maximum Gasteiger partial charge on any atom is 0.308 e. The van der Waals surface area contributed by atoms with E-state index in [0.29, 0.717) is 32.5 Å². The predicted octanol–water partition coefficient (Wildman–Crippen LogP) is 2.66. The molecule has 1 aromatic rings. The van der Waals surface area contributed by atoms with Crippen LogP contribution in [-0.4, -0.2) is 41.6 Å². The fraction of sp³-hybridized carbons (Fsp3) is 0.556. The van der Waals surface area contributed by atoms with Crippen LogP contribution in [0.15, 0.2) is 30.3 Å². The fourth-order valence-electron chi connectivity index (χ4n) is 3.02. The number of carbonyl (C=O) groups excluding carboxylic acids is 1. The Morgan fingerprint density at radius 2 is 2.00 bits per heavy atom. The zero-order valence-corrected chi connectivity index (χ0v) is 13.8. The summed E-state index contributed by atoms with van der Waals surface area (Å²) in [5.74, 6) is -0.381. The third-order valence-corrected chi connectivity index (χ3v) is 4.31. The Hall–Kier alpha value is -2.04. The van der Waals surface area contributed by atoms with E-state index in [1.165, 1.54) is 0 Å². The van der Waals surface area contributed by atoms with E-state index < -0.39 is 11.9 Å². The third-order valence-electron chi connectivity index (χ3n) is 4.31. The van der Waals surface area contributed by atoms with Crippen molar-refractivity contribution in [3.63, 3.8) is 0 Å². The van der Waals surface area contributed by atoms with Crippen molar-refractivity contribution >= 4 is 11.9 Å². The normalized spacial score (nSPS) is 22.4. The van der Waals surface area contributed by atoms with Crippen molar-refractivity contribution in [1.82, 2.24) is 4.90 Å². The number of aliphatic carboxylic acids is 1. The molecule has 1 amide bonds. The number of benzene rings is 1. The van der Waals surface area contributed by atoms with Gasteiger partial charge in [0.2, 0.25) is 5.91 Å². The average molecular weight is 319 g/mol. The molecule has 126 valence electrons. The van der Waals surface area contributed by atoms with Gasteiger partial charge >= 0.3 is 5.97 Å². The van der Waals surface area contributed by atoms with Crippen LogP contribution in [0.25, 0.3) is 0 Å². The van der Waals surface area contributed by atoms with Crippen LogP contribution in [0.3, 0.4) is 0 Å². The second-order valence-corrected chi connectivity index (χ2v) is 6.47. The molecule has 2 rings (SSSR count). The Morgan fingerprint density at radius 3 is 2.65 bits per heavy atom. The number of rotatable bonds is 6. The van der Waals surface area contributed by atoms with Crippen molar-refractivity contribution in [2.75, 3.05) is 19.7 Å². The number of carboxylic acid groups (broad SMARTS) is 1. The highest BCUT2D eigenvalue weighted by Crippen LogP contribution is 2.24. The third kappa shape index (κ3) is 4.98. The number of carbonyl (C=O) groups is 2. The number of carboxylic acids is 1. The zero-order chi connectivity index (χ0) is 16.8. The second kappa shape index (κ2) is 7.99. The number of hydrogen-bond acceptors (Lipinski definition) is 3. The molecule has 0 aliphatic carbocycles. The Kier molecular flexibility index (Phi) is 6.02. The number of piperidine rings is 1. The molecule has 0 radical (unpaired) electrons. The molecule has 1 heterocycles. The van der Waals surface area contributed by atoms with E-state index in [0.717, 1.165) is 5.75 Å². The van der Waals surface area contributed by atoms with Gasteiger partial charge in [0.05, 0.1) is 12.5 Å².